The summed E-state index contributed by atoms with van der Waals surface area (Å²) in [6.07, 6.45) is 3.19. The summed E-state index contributed by atoms with van der Waals surface area (Å²) in [5.41, 5.74) is 2.55. The molecular weight excluding hydrogens is 386 g/mol. The lowest BCUT2D eigenvalue weighted by atomic mass is 10.1. The molecule has 0 fully saturated rings. The molecule has 0 saturated heterocycles. The molecule has 0 aromatic heterocycles. The van der Waals surface area contributed by atoms with Crippen molar-refractivity contribution in [3.05, 3.63) is 52.0 Å². The molecule has 1 heterocycles. The van der Waals surface area contributed by atoms with Gasteiger partial charge >= 0.3 is 0 Å². The predicted molar refractivity (Wildman–Crippen MR) is 101 cm³/mol. The van der Waals surface area contributed by atoms with Crippen molar-refractivity contribution in [1.82, 2.24) is 0 Å². The first kappa shape index (κ1) is 17.4. The summed E-state index contributed by atoms with van der Waals surface area (Å²) in [5, 5.41) is 2.87. The lowest BCUT2D eigenvalue weighted by molar-refractivity contribution is -0.111. The number of benzene rings is 2. The first-order valence-electron chi connectivity index (χ1n) is 7.79. The fraction of sp³-hybridized carbons (Fsp3) is 0.211. The van der Waals surface area contributed by atoms with E-state index in [0.717, 1.165) is 21.3 Å². The SMILES string of the molecule is COc1cc(/C=C/C(=O)Nc2cc(Br)ccc2C)cc2c1OCCO2. The first-order chi connectivity index (χ1) is 12.1. The van der Waals surface area contributed by atoms with Gasteiger partial charge in [-0.25, -0.2) is 0 Å². The number of anilines is 1. The van der Waals surface area contributed by atoms with Gasteiger partial charge in [-0.15, -0.1) is 0 Å². The van der Waals surface area contributed by atoms with Crippen molar-refractivity contribution < 1.29 is 19.0 Å². The average Bonchev–Trinajstić information content (AvgIpc) is 2.62. The normalized spacial score (nSPS) is 12.9. The van der Waals surface area contributed by atoms with Crippen molar-refractivity contribution in [3.63, 3.8) is 0 Å². The summed E-state index contributed by atoms with van der Waals surface area (Å²) < 4.78 is 17.4. The van der Waals surface area contributed by atoms with Crippen LogP contribution in [0.2, 0.25) is 0 Å². The summed E-state index contributed by atoms with van der Waals surface area (Å²) >= 11 is 3.40. The number of rotatable bonds is 4. The van der Waals surface area contributed by atoms with Crippen LogP contribution in [0.3, 0.4) is 0 Å². The molecule has 0 unspecified atom stereocenters. The van der Waals surface area contributed by atoms with Gasteiger partial charge < -0.3 is 19.5 Å². The van der Waals surface area contributed by atoms with Crippen LogP contribution in [0.15, 0.2) is 40.9 Å². The van der Waals surface area contributed by atoms with Crippen molar-refractivity contribution in [3.8, 4) is 17.2 Å². The Kier molecular flexibility index (Phi) is 5.28. The molecule has 1 aliphatic rings. The number of hydrogen-bond donors (Lipinski definition) is 1. The van der Waals surface area contributed by atoms with E-state index in [0.29, 0.717) is 30.5 Å². The van der Waals surface area contributed by atoms with Crippen molar-refractivity contribution in [2.45, 2.75) is 6.92 Å². The number of carbonyl (C=O) groups excluding carboxylic acids is 1. The van der Waals surface area contributed by atoms with Crippen LogP contribution in [-0.4, -0.2) is 26.2 Å². The highest BCUT2D eigenvalue weighted by Gasteiger charge is 2.17. The Balaban J connectivity index is 1.77. The second kappa shape index (κ2) is 7.61. The molecule has 0 aliphatic carbocycles. The third-order valence-electron chi connectivity index (χ3n) is 3.73. The molecule has 6 heteroatoms. The van der Waals surface area contributed by atoms with Crippen molar-refractivity contribution in [2.24, 2.45) is 0 Å². The lowest BCUT2D eigenvalue weighted by Gasteiger charge is -2.20. The number of fused-ring (bicyclic) bond motifs is 1. The Hall–Kier alpha value is -2.47. The highest BCUT2D eigenvalue weighted by Crippen LogP contribution is 2.40. The summed E-state index contributed by atoms with van der Waals surface area (Å²) in [6, 6.07) is 9.37. The molecule has 5 nitrogen and oxygen atoms in total. The minimum Gasteiger partial charge on any atom is -0.493 e. The van der Waals surface area contributed by atoms with E-state index in [2.05, 4.69) is 21.2 Å². The van der Waals surface area contributed by atoms with E-state index in [1.807, 2.05) is 37.3 Å². The van der Waals surface area contributed by atoms with E-state index < -0.39 is 0 Å². The van der Waals surface area contributed by atoms with Gasteiger partial charge in [-0.2, -0.15) is 0 Å². The van der Waals surface area contributed by atoms with E-state index >= 15 is 0 Å². The number of carbonyl (C=O) groups is 1. The fourth-order valence-corrected chi connectivity index (χ4v) is 2.83. The third-order valence-corrected chi connectivity index (χ3v) is 4.23. The maximum absolute atomic E-state index is 12.2. The molecule has 0 spiro atoms. The average molecular weight is 404 g/mol. The highest BCUT2D eigenvalue weighted by molar-refractivity contribution is 9.10. The van der Waals surface area contributed by atoms with Gasteiger partial charge in [0.15, 0.2) is 11.5 Å². The van der Waals surface area contributed by atoms with Gasteiger partial charge in [0, 0.05) is 16.2 Å². The number of methoxy groups -OCH3 is 1. The first-order valence-corrected chi connectivity index (χ1v) is 8.59. The van der Waals surface area contributed by atoms with Gasteiger partial charge in [0.2, 0.25) is 11.7 Å². The molecule has 130 valence electrons. The van der Waals surface area contributed by atoms with Gasteiger partial charge in [0.05, 0.1) is 7.11 Å². The van der Waals surface area contributed by atoms with Crippen LogP contribution in [0, 0.1) is 6.92 Å². The van der Waals surface area contributed by atoms with Gasteiger partial charge in [-0.1, -0.05) is 22.0 Å². The number of halogens is 1. The smallest absolute Gasteiger partial charge is 0.248 e. The summed E-state index contributed by atoms with van der Waals surface area (Å²) in [7, 11) is 1.57. The second-order valence-electron chi connectivity index (χ2n) is 5.53. The molecular formula is C19H18BrNO4. The van der Waals surface area contributed by atoms with Crippen LogP contribution < -0.4 is 19.5 Å². The second-order valence-corrected chi connectivity index (χ2v) is 6.44. The molecule has 0 radical (unpaired) electrons. The zero-order valence-electron chi connectivity index (χ0n) is 14.0. The maximum Gasteiger partial charge on any atom is 0.248 e. The van der Waals surface area contributed by atoms with Crippen molar-refractivity contribution >= 4 is 33.6 Å². The van der Waals surface area contributed by atoms with Crippen LogP contribution in [0.25, 0.3) is 6.08 Å². The highest BCUT2D eigenvalue weighted by atomic mass is 79.9. The largest absolute Gasteiger partial charge is 0.493 e. The Bertz CT molecular complexity index is 815. The molecule has 0 saturated carbocycles. The number of ether oxygens (including phenoxy) is 3. The number of aryl methyl sites for hydroxylation is 1. The third kappa shape index (κ3) is 4.14. The molecule has 0 atom stereocenters. The van der Waals surface area contributed by atoms with Crippen molar-refractivity contribution in [1.29, 1.82) is 0 Å². The quantitative estimate of drug-likeness (QED) is 0.777. The van der Waals surface area contributed by atoms with Crippen LogP contribution >= 0.6 is 15.9 Å². The minimum atomic E-state index is -0.213. The molecule has 2 aromatic rings. The van der Waals surface area contributed by atoms with Crippen LogP contribution in [-0.2, 0) is 4.79 Å². The monoisotopic (exact) mass is 403 g/mol. The van der Waals surface area contributed by atoms with Gasteiger partial charge in [-0.3, -0.25) is 4.79 Å². The van der Waals surface area contributed by atoms with Crippen LogP contribution in [0.5, 0.6) is 17.2 Å². The molecule has 0 bridgehead atoms. The predicted octanol–water partition coefficient (Wildman–Crippen LogP) is 4.19. The molecule has 1 aliphatic heterocycles. The molecule has 25 heavy (non-hydrogen) atoms. The molecule has 2 aromatic carbocycles. The molecule has 1 amide bonds. The number of nitrogens with one attached hydrogen (secondary N) is 1. The zero-order valence-corrected chi connectivity index (χ0v) is 15.6. The molecule has 1 N–H and O–H groups in total. The van der Waals surface area contributed by atoms with E-state index in [-0.39, 0.29) is 5.91 Å². The Labute approximate surface area is 154 Å². The van der Waals surface area contributed by atoms with Crippen LogP contribution in [0.4, 0.5) is 5.69 Å². The fourth-order valence-electron chi connectivity index (χ4n) is 2.46. The Morgan fingerprint density at radius 3 is 2.84 bits per heavy atom. The van der Waals surface area contributed by atoms with Gasteiger partial charge in [0.25, 0.3) is 0 Å². The summed E-state index contributed by atoms with van der Waals surface area (Å²) in [5.74, 6) is 1.59. The van der Waals surface area contributed by atoms with Gasteiger partial charge in [-0.05, 0) is 48.4 Å². The van der Waals surface area contributed by atoms with E-state index in [4.69, 9.17) is 14.2 Å². The number of hydrogen-bond acceptors (Lipinski definition) is 4. The Morgan fingerprint density at radius 2 is 2.04 bits per heavy atom. The topological polar surface area (TPSA) is 56.8 Å². The van der Waals surface area contributed by atoms with Crippen LogP contribution in [0.1, 0.15) is 11.1 Å². The standard InChI is InChI=1S/C19H18BrNO4/c1-12-3-5-14(20)11-15(12)21-18(22)6-4-13-9-16(23-2)19-17(10-13)24-7-8-25-19/h3-6,9-11H,7-8H2,1-2H3,(H,21,22)/b6-4+. The summed E-state index contributed by atoms with van der Waals surface area (Å²) in [4.78, 5) is 12.2. The zero-order chi connectivity index (χ0) is 17.8. The van der Waals surface area contributed by atoms with Gasteiger partial charge in [0.1, 0.15) is 13.2 Å². The number of amides is 1. The van der Waals surface area contributed by atoms with E-state index in [9.17, 15) is 4.79 Å². The lowest BCUT2D eigenvalue weighted by Crippen LogP contribution is -2.16. The van der Waals surface area contributed by atoms with Crippen molar-refractivity contribution in [2.75, 3.05) is 25.6 Å². The van der Waals surface area contributed by atoms with E-state index in [1.165, 1.54) is 6.08 Å². The summed E-state index contributed by atoms with van der Waals surface area (Å²) in [6.45, 7) is 2.93. The maximum atomic E-state index is 12.2. The molecule has 3 rings (SSSR count). The van der Waals surface area contributed by atoms with E-state index in [1.54, 1.807) is 13.2 Å². The minimum absolute atomic E-state index is 0.213. The Morgan fingerprint density at radius 1 is 1.24 bits per heavy atom.